The highest BCUT2D eigenvalue weighted by Gasteiger charge is 2.16. The van der Waals surface area contributed by atoms with Gasteiger partial charge in [-0.15, -0.1) is 0 Å². The first-order valence-electron chi connectivity index (χ1n) is 9.46. The number of rotatable bonds is 9. The average molecular weight is 416 g/mol. The van der Waals surface area contributed by atoms with Gasteiger partial charge in [-0.2, -0.15) is 4.98 Å². The second kappa shape index (κ2) is 9.84. The molecule has 0 saturated carbocycles. The van der Waals surface area contributed by atoms with Gasteiger partial charge in [0.25, 0.3) is 0 Å². The molecule has 1 N–H and O–H groups in total. The van der Waals surface area contributed by atoms with Gasteiger partial charge in [-0.3, -0.25) is 4.79 Å². The minimum atomic E-state index is -0.0503. The lowest BCUT2D eigenvalue weighted by Gasteiger charge is -2.19. The number of hydrogen-bond acceptors (Lipinski definition) is 7. The third-order valence-electron chi connectivity index (χ3n) is 4.05. The summed E-state index contributed by atoms with van der Waals surface area (Å²) in [5, 5.41) is 4.72. The number of aryl methyl sites for hydroxylation is 1. The highest BCUT2D eigenvalue weighted by molar-refractivity contribution is 8.00. The normalized spacial score (nSPS) is 11.0. The zero-order valence-corrected chi connectivity index (χ0v) is 18.1. The number of aromatic nitrogens is 3. The number of hydrogen-bond donors (Lipinski definition) is 1. The molecular weight excluding hydrogens is 390 g/mol. The molecule has 2 heterocycles. The van der Waals surface area contributed by atoms with Crippen LogP contribution in [0.5, 0.6) is 0 Å². The van der Waals surface area contributed by atoms with Crippen LogP contribution in [0.15, 0.2) is 35.6 Å². The van der Waals surface area contributed by atoms with E-state index in [9.17, 15) is 4.79 Å². The van der Waals surface area contributed by atoms with E-state index in [0.29, 0.717) is 11.4 Å². The molecule has 0 aliphatic heterocycles. The summed E-state index contributed by atoms with van der Waals surface area (Å²) in [5.74, 6) is 0.242. The molecule has 8 heteroatoms. The Labute approximate surface area is 173 Å². The van der Waals surface area contributed by atoms with Crippen molar-refractivity contribution in [1.29, 1.82) is 0 Å². The van der Waals surface area contributed by atoms with E-state index in [1.165, 1.54) is 18.1 Å². The van der Waals surface area contributed by atoms with Gasteiger partial charge in [0, 0.05) is 18.8 Å². The Bertz CT molecular complexity index is 937. The quantitative estimate of drug-likeness (QED) is 0.402. The van der Waals surface area contributed by atoms with Crippen LogP contribution < -0.4 is 10.2 Å². The second-order valence-corrected chi connectivity index (χ2v) is 8.46. The van der Waals surface area contributed by atoms with Crippen molar-refractivity contribution in [3.8, 4) is 0 Å². The Hall–Kier alpha value is -2.19. The van der Waals surface area contributed by atoms with Crippen LogP contribution in [-0.4, -0.2) is 39.7 Å². The van der Waals surface area contributed by atoms with E-state index in [0.717, 1.165) is 52.0 Å². The summed E-state index contributed by atoms with van der Waals surface area (Å²) in [4.78, 5) is 28.0. The molecule has 1 amide bonds. The third kappa shape index (κ3) is 5.20. The van der Waals surface area contributed by atoms with Crippen LogP contribution in [0, 0.1) is 6.92 Å². The van der Waals surface area contributed by atoms with Gasteiger partial charge in [-0.25, -0.2) is 9.97 Å². The highest BCUT2D eigenvalue weighted by Crippen LogP contribution is 2.33. The van der Waals surface area contributed by atoms with Crippen molar-refractivity contribution in [2.24, 2.45) is 0 Å². The van der Waals surface area contributed by atoms with Crippen molar-refractivity contribution in [1.82, 2.24) is 15.0 Å². The van der Waals surface area contributed by atoms with Crippen LogP contribution >= 0.6 is 23.1 Å². The Balaban J connectivity index is 1.71. The largest absolute Gasteiger partial charge is 0.348 e. The lowest BCUT2D eigenvalue weighted by molar-refractivity contribution is -0.113. The van der Waals surface area contributed by atoms with E-state index < -0.39 is 0 Å². The molecule has 3 rings (SSSR count). The number of nitrogens with zero attached hydrogens (tertiary/aromatic N) is 4. The standard InChI is InChI=1S/C20H25N5OS2/c1-4-9-25(10-5-2)20-24-18-17(28-20)19(22-13-21-18)27-12-16(26)23-15-8-6-7-14(3)11-15/h6-8,11,13H,4-5,9-10,12H2,1-3H3,(H,23,26). The SMILES string of the molecule is CCCN(CCC)c1nc2ncnc(SCC(=O)Nc3cccc(C)c3)c2s1. The van der Waals surface area contributed by atoms with Crippen LogP contribution in [0.2, 0.25) is 0 Å². The summed E-state index contributed by atoms with van der Waals surface area (Å²) in [6, 6.07) is 7.79. The number of thiazole rings is 1. The topological polar surface area (TPSA) is 71.0 Å². The van der Waals surface area contributed by atoms with Gasteiger partial charge >= 0.3 is 0 Å². The van der Waals surface area contributed by atoms with E-state index in [4.69, 9.17) is 4.98 Å². The van der Waals surface area contributed by atoms with Crippen LogP contribution in [0.1, 0.15) is 32.3 Å². The molecule has 0 bridgehead atoms. The molecule has 1 aromatic carbocycles. The van der Waals surface area contributed by atoms with Crippen molar-refractivity contribution >= 4 is 50.2 Å². The van der Waals surface area contributed by atoms with Gasteiger partial charge in [0.15, 0.2) is 10.8 Å². The minimum absolute atomic E-state index is 0.0503. The van der Waals surface area contributed by atoms with E-state index >= 15 is 0 Å². The molecular formula is C20H25N5OS2. The van der Waals surface area contributed by atoms with Crippen molar-refractivity contribution in [2.75, 3.05) is 29.1 Å². The summed E-state index contributed by atoms with van der Waals surface area (Å²) >= 11 is 3.03. The summed E-state index contributed by atoms with van der Waals surface area (Å²) in [6.45, 7) is 8.29. The van der Waals surface area contributed by atoms with Crippen molar-refractivity contribution in [2.45, 2.75) is 38.6 Å². The molecule has 0 aliphatic rings. The molecule has 0 fully saturated rings. The van der Waals surface area contributed by atoms with Crippen molar-refractivity contribution < 1.29 is 4.79 Å². The van der Waals surface area contributed by atoms with Crippen LogP contribution in [-0.2, 0) is 4.79 Å². The predicted octanol–water partition coefficient (Wildman–Crippen LogP) is 4.75. The van der Waals surface area contributed by atoms with Crippen LogP contribution in [0.25, 0.3) is 10.3 Å². The van der Waals surface area contributed by atoms with Crippen LogP contribution in [0.3, 0.4) is 0 Å². The monoisotopic (exact) mass is 415 g/mol. The van der Waals surface area contributed by atoms with Gasteiger partial charge in [0.1, 0.15) is 16.1 Å². The Morgan fingerprint density at radius 3 is 2.71 bits per heavy atom. The molecule has 3 aromatic rings. The third-order valence-corrected chi connectivity index (χ3v) is 6.28. The number of amides is 1. The Kier molecular flexibility index (Phi) is 7.22. The van der Waals surface area contributed by atoms with Gasteiger partial charge in [0.2, 0.25) is 5.91 Å². The maximum Gasteiger partial charge on any atom is 0.234 e. The molecule has 6 nitrogen and oxygen atoms in total. The molecule has 0 radical (unpaired) electrons. The fourth-order valence-electron chi connectivity index (χ4n) is 2.86. The molecule has 0 spiro atoms. The number of benzene rings is 1. The van der Waals surface area contributed by atoms with Gasteiger partial charge in [-0.05, 0) is 37.5 Å². The fourth-order valence-corrected chi connectivity index (χ4v) is 4.80. The van der Waals surface area contributed by atoms with Gasteiger partial charge < -0.3 is 10.2 Å². The Morgan fingerprint density at radius 2 is 2.00 bits per heavy atom. The zero-order chi connectivity index (χ0) is 19.9. The molecule has 0 saturated heterocycles. The highest BCUT2D eigenvalue weighted by atomic mass is 32.2. The number of fused-ring (bicyclic) bond motifs is 1. The summed E-state index contributed by atoms with van der Waals surface area (Å²) in [6.07, 6.45) is 3.67. The number of carbonyl (C=O) groups excluding carboxylic acids is 1. The van der Waals surface area contributed by atoms with Crippen molar-refractivity contribution in [3.05, 3.63) is 36.2 Å². The van der Waals surface area contributed by atoms with Gasteiger partial charge in [-0.1, -0.05) is 49.1 Å². The van der Waals surface area contributed by atoms with E-state index in [1.807, 2.05) is 31.2 Å². The molecule has 0 unspecified atom stereocenters. The summed E-state index contributed by atoms with van der Waals surface area (Å²) in [5.41, 5.74) is 2.63. The smallest absolute Gasteiger partial charge is 0.234 e. The Morgan fingerprint density at radius 1 is 1.21 bits per heavy atom. The summed E-state index contributed by atoms with van der Waals surface area (Å²) in [7, 11) is 0. The molecule has 2 aromatic heterocycles. The van der Waals surface area contributed by atoms with E-state index in [-0.39, 0.29) is 5.91 Å². The maximum absolute atomic E-state index is 12.3. The second-order valence-electron chi connectivity index (χ2n) is 6.52. The molecule has 148 valence electrons. The fraction of sp³-hybridized carbons (Fsp3) is 0.400. The predicted molar refractivity (Wildman–Crippen MR) is 119 cm³/mol. The first kappa shape index (κ1) is 20.5. The molecule has 0 aliphatic carbocycles. The van der Waals surface area contributed by atoms with E-state index in [2.05, 4.69) is 34.0 Å². The lowest BCUT2D eigenvalue weighted by Crippen LogP contribution is -2.24. The number of thioether (sulfide) groups is 1. The van der Waals surface area contributed by atoms with E-state index in [1.54, 1.807) is 11.3 Å². The molecule has 28 heavy (non-hydrogen) atoms. The first-order valence-corrected chi connectivity index (χ1v) is 11.3. The maximum atomic E-state index is 12.3. The zero-order valence-electron chi connectivity index (χ0n) is 16.4. The molecule has 0 atom stereocenters. The van der Waals surface area contributed by atoms with Crippen LogP contribution in [0.4, 0.5) is 10.8 Å². The minimum Gasteiger partial charge on any atom is -0.348 e. The number of anilines is 2. The average Bonchev–Trinajstić information content (AvgIpc) is 3.11. The number of nitrogens with one attached hydrogen (secondary N) is 1. The number of carbonyl (C=O) groups is 1. The first-order chi connectivity index (χ1) is 13.6. The summed E-state index contributed by atoms with van der Waals surface area (Å²) < 4.78 is 0.947. The van der Waals surface area contributed by atoms with Gasteiger partial charge in [0.05, 0.1) is 5.75 Å². The van der Waals surface area contributed by atoms with Crippen molar-refractivity contribution in [3.63, 3.8) is 0 Å². The lowest BCUT2D eigenvalue weighted by atomic mass is 10.2.